The summed E-state index contributed by atoms with van der Waals surface area (Å²) < 4.78 is 20.6. The van der Waals surface area contributed by atoms with E-state index in [0.717, 1.165) is 0 Å². The molecule has 0 N–H and O–H groups in total. The second kappa shape index (κ2) is 5.00. The van der Waals surface area contributed by atoms with Gasteiger partial charge in [-0.25, -0.2) is 9.37 Å². The molecule has 0 spiro atoms. The molecule has 0 aliphatic carbocycles. The summed E-state index contributed by atoms with van der Waals surface area (Å²) in [4.78, 5) is 14.8. The van der Waals surface area contributed by atoms with Gasteiger partial charge in [0, 0.05) is 12.6 Å². The minimum Gasteiger partial charge on any atom is -0.491 e. The van der Waals surface area contributed by atoms with E-state index < -0.39 is 5.82 Å². The van der Waals surface area contributed by atoms with Crippen molar-refractivity contribution in [1.82, 2.24) is 9.55 Å². The number of aldehydes is 1. The lowest BCUT2D eigenvalue weighted by Gasteiger charge is -2.08. The molecule has 0 saturated carbocycles. The lowest BCUT2D eigenvalue weighted by Crippen LogP contribution is -1.97. The molecule has 1 heterocycles. The van der Waals surface area contributed by atoms with Crippen LogP contribution in [-0.2, 0) is 7.05 Å². The van der Waals surface area contributed by atoms with Crippen molar-refractivity contribution in [1.29, 1.82) is 0 Å². The van der Waals surface area contributed by atoms with E-state index in [-0.39, 0.29) is 5.75 Å². The number of hydrogen-bond acceptors (Lipinski definition) is 3. The maximum atomic E-state index is 13.8. The predicted octanol–water partition coefficient (Wildman–Crippen LogP) is 2.44. The normalized spacial score (nSPS) is 10.4. The number of hydrogen-bond donors (Lipinski definition) is 0. The van der Waals surface area contributed by atoms with Crippen molar-refractivity contribution in [3.63, 3.8) is 0 Å². The number of aromatic nitrogens is 2. The molecule has 18 heavy (non-hydrogen) atoms. The third-order valence-electron chi connectivity index (χ3n) is 2.58. The van der Waals surface area contributed by atoms with Gasteiger partial charge in [-0.3, -0.25) is 4.79 Å². The van der Waals surface area contributed by atoms with Gasteiger partial charge in [0.2, 0.25) is 0 Å². The second-order valence-electron chi connectivity index (χ2n) is 3.79. The van der Waals surface area contributed by atoms with Crippen molar-refractivity contribution in [3.8, 4) is 17.0 Å². The largest absolute Gasteiger partial charge is 0.491 e. The van der Waals surface area contributed by atoms with Crippen LogP contribution in [0.2, 0.25) is 0 Å². The summed E-state index contributed by atoms with van der Waals surface area (Å²) >= 11 is 0. The zero-order valence-electron chi connectivity index (χ0n) is 10.2. The molecular formula is C13H13FN2O2. The van der Waals surface area contributed by atoms with Crippen LogP contribution in [0.15, 0.2) is 24.5 Å². The van der Waals surface area contributed by atoms with Gasteiger partial charge in [-0.2, -0.15) is 0 Å². The van der Waals surface area contributed by atoms with E-state index in [2.05, 4.69) is 4.98 Å². The molecule has 1 aromatic heterocycles. The first-order valence-electron chi connectivity index (χ1n) is 5.56. The topological polar surface area (TPSA) is 44.1 Å². The van der Waals surface area contributed by atoms with Crippen molar-refractivity contribution in [2.75, 3.05) is 6.61 Å². The van der Waals surface area contributed by atoms with Gasteiger partial charge in [0.15, 0.2) is 17.9 Å². The average molecular weight is 248 g/mol. The zero-order chi connectivity index (χ0) is 13.1. The summed E-state index contributed by atoms with van der Waals surface area (Å²) in [5, 5.41) is 0. The van der Waals surface area contributed by atoms with Gasteiger partial charge < -0.3 is 9.30 Å². The summed E-state index contributed by atoms with van der Waals surface area (Å²) in [6, 6.07) is 4.60. The number of aryl methyl sites for hydroxylation is 1. The molecule has 5 heteroatoms. The summed E-state index contributed by atoms with van der Waals surface area (Å²) in [5.74, 6) is -0.247. The summed E-state index contributed by atoms with van der Waals surface area (Å²) in [6.45, 7) is 2.19. The molecular weight excluding hydrogens is 235 g/mol. The van der Waals surface area contributed by atoms with Crippen molar-refractivity contribution in [2.45, 2.75) is 6.92 Å². The van der Waals surface area contributed by atoms with Crippen molar-refractivity contribution in [2.24, 2.45) is 7.05 Å². The fourth-order valence-corrected chi connectivity index (χ4v) is 1.81. The standard InChI is InChI=1S/C13H13FN2O2/c1-3-18-12-5-4-9(6-10(12)14)13-11(7-17)15-8-16(13)2/h4-8H,3H2,1-2H3. The highest BCUT2D eigenvalue weighted by atomic mass is 19.1. The van der Waals surface area contributed by atoms with Gasteiger partial charge in [-0.15, -0.1) is 0 Å². The average Bonchev–Trinajstić information content (AvgIpc) is 2.73. The number of imidazole rings is 1. The number of carbonyl (C=O) groups is 1. The van der Waals surface area contributed by atoms with Crippen LogP contribution in [-0.4, -0.2) is 22.4 Å². The molecule has 4 nitrogen and oxygen atoms in total. The zero-order valence-corrected chi connectivity index (χ0v) is 10.2. The summed E-state index contributed by atoms with van der Waals surface area (Å²) in [7, 11) is 1.75. The van der Waals surface area contributed by atoms with Crippen LogP contribution in [0.25, 0.3) is 11.3 Å². The van der Waals surface area contributed by atoms with Gasteiger partial charge in [-0.1, -0.05) is 0 Å². The molecule has 0 unspecified atom stereocenters. The van der Waals surface area contributed by atoms with Crippen LogP contribution in [0, 0.1) is 5.82 Å². The number of ether oxygens (including phenoxy) is 1. The molecule has 0 fully saturated rings. The molecule has 0 bridgehead atoms. The smallest absolute Gasteiger partial charge is 0.170 e. The van der Waals surface area contributed by atoms with Gasteiger partial charge >= 0.3 is 0 Å². The summed E-state index contributed by atoms with van der Waals surface area (Å²) in [5.41, 5.74) is 1.48. The minimum absolute atomic E-state index is 0.205. The van der Waals surface area contributed by atoms with Crippen LogP contribution in [0.5, 0.6) is 5.75 Å². The van der Waals surface area contributed by atoms with Crippen molar-refractivity contribution in [3.05, 3.63) is 36.0 Å². The number of rotatable bonds is 4. The Morgan fingerprint density at radius 2 is 2.28 bits per heavy atom. The van der Waals surface area contributed by atoms with Crippen LogP contribution in [0.1, 0.15) is 17.4 Å². The van der Waals surface area contributed by atoms with E-state index in [0.29, 0.717) is 29.8 Å². The Labute approximate surface area is 104 Å². The van der Waals surface area contributed by atoms with E-state index >= 15 is 0 Å². The minimum atomic E-state index is -0.451. The Balaban J connectivity index is 2.48. The van der Waals surface area contributed by atoms with Crippen molar-refractivity contribution < 1.29 is 13.9 Å². The van der Waals surface area contributed by atoms with Crippen LogP contribution >= 0.6 is 0 Å². The number of nitrogens with zero attached hydrogens (tertiary/aromatic N) is 2. The van der Waals surface area contributed by atoms with E-state index in [1.54, 1.807) is 30.7 Å². The number of halogens is 1. The van der Waals surface area contributed by atoms with E-state index in [9.17, 15) is 9.18 Å². The molecule has 0 aliphatic rings. The van der Waals surface area contributed by atoms with E-state index in [1.807, 2.05) is 0 Å². The number of carbonyl (C=O) groups excluding carboxylic acids is 1. The molecule has 94 valence electrons. The molecule has 2 rings (SSSR count). The lowest BCUT2D eigenvalue weighted by atomic mass is 10.1. The Morgan fingerprint density at radius 1 is 1.50 bits per heavy atom. The SMILES string of the molecule is CCOc1ccc(-c2c(C=O)ncn2C)cc1F. The second-order valence-corrected chi connectivity index (χ2v) is 3.79. The third-order valence-corrected chi connectivity index (χ3v) is 2.58. The fraction of sp³-hybridized carbons (Fsp3) is 0.231. The fourth-order valence-electron chi connectivity index (χ4n) is 1.81. The van der Waals surface area contributed by atoms with E-state index in [1.165, 1.54) is 12.4 Å². The molecule has 1 aromatic carbocycles. The molecule has 0 radical (unpaired) electrons. The van der Waals surface area contributed by atoms with Crippen molar-refractivity contribution >= 4 is 6.29 Å². The first kappa shape index (κ1) is 12.3. The maximum Gasteiger partial charge on any atom is 0.170 e. The first-order chi connectivity index (χ1) is 8.67. The third kappa shape index (κ3) is 2.11. The van der Waals surface area contributed by atoms with Gasteiger partial charge in [0.25, 0.3) is 0 Å². The lowest BCUT2D eigenvalue weighted by molar-refractivity contribution is 0.112. The summed E-state index contributed by atoms with van der Waals surface area (Å²) in [6.07, 6.45) is 2.18. The predicted molar refractivity (Wildman–Crippen MR) is 65.2 cm³/mol. The Kier molecular flexibility index (Phi) is 3.41. The Bertz CT molecular complexity index is 578. The first-order valence-corrected chi connectivity index (χ1v) is 5.56. The molecule has 0 aliphatic heterocycles. The molecule has 2 aromatic rings. The van der Waals surface area contributed by atoms with Crippen LogP contribution in [0.4, 0.5) is 4.39 Å². The van der Waals surface area contributed by atoms with Crippen LogP contribution < -0.4 is 4.74 Å². The quantitative estimate of drug-likeness (QED) is 0.780. The molecule has 0 atom stereocenters. The van der Waals surface area contributed by atoms with Crippen LogP contribution in [0.3, 0.4) is 0 Å². The monoisotopic (exact) mass is 248 g/mol. The Morgan fingerprint density at radius 3 is 2.89 bits per heavy atom. The molecule has 0 saturated heterocycles. The number of benzene rings is 1. The highest BCUT2D eigenvalue weighted by Gasteiger charge is 2.13. The van der Waals surface area contributed by atoms with Gasteiger partial charge in [0.1, 0.15) is 5.69 Å². The maximum absolute atomic E-state index is 13.8. The van der Waals surface area contributed by atoms with Gasteiger partial charge in [0.05, 0.1) is 18.6 Å². The highest BCUT2D eigenvalue weighted by Crippen LogP contribution is 2.26. The molecule has 0 amide bonds. The highest BCUT2D eigenvalue weighted by molar-refractivity contribution is 5.83. The van der Waals surface area contributed by atoms with E-state index in [4.69, 9.17) is 4.74 Å². The Hall–Kier alpha value is -2.17. The van der Waals surface area contributed by atoms with Gasteiger partial charge in [-0.05, 0) is 25.1 Å².